The fourth-order valence-electron chi connectivity index (χ4n) is 6.86. The zero-order valence-electron chi connectivity index (χ0n) is 37.8. The van der Waals surface area contributed by atoms with Crippen LogP contribution < -0.4 is 26.8 Å². The maximum absolute atomic E-state index is 14.4. The van der Waals surface area contributed by atoms with Crippen molar-refractivity contribution in [2.24, 2.45) is 10.2 Å². The quantitative estimate of drug-likeness (QED) is 0.0352. The number of benzene rings is 4. The van der Waals surface area contributed by atoms with Gasteiger partial charge in [0.25, 0.3) is 56.5 Å². The van der Waals surface area contributed by atoms with Crippen LogP contribution in [0.5, 0.6) is 0 Å². The van der Waals surface area contributed by atoms with Gasteiger partial charge in [0.15, 0.2) is 21.3 Å². The largest absolute Gasteiger partial charge is 0.323 e. The Balaban J connectivity index is 1.33. The number of allylic oxidation sites excluding steroid dienone is 2. The lowest BCUT2D eigenvalue weighted by atomic mass is 9.93. The molecular weight excluding hydrogens is 1250 g/mol. The number of hydrogen-bond donors (Lipinski definition) is 10. The third-order valence-electron chi connectivity index (χ3n) is 10.2. The third kappa shape index (κ3) is 12.7. The standard InChI is InChI=1S/C40H28BrClN10O20S6/c1-3-73(56,57)22-7-4-20(5-8-22)49-51-33-29(77(67,68)69)12-18-10-23(74(58,59)60)15-26(31(18)35(33)53)44-39-46-38(42)47-40(48-39)45-27-16-24(75(61,62)63)11-19-13-30(78(70,71)72)34(36(54)32(19)27)52-50-25-14-21(43-37(55)17(2)41)6-9-28(25)76(64,65)66/h3-16,49-50H,1-2H2,(H,43,55)(H,58,59,60)(H,61,62,63)(H,64,65,66)(H,67,68,69)(H,70,71,72)(H2,44,45,46,47,48)/b51-33-,52-34+. The van der Waals surface area contributed by atoms with Crippen LogP contribution in [0.1, 0.15) is 31.8 Å². The van der Waals surface area contributed by atoms with E-state index in [1.807, 2.05) is 0 Å². The molecule has 1 heterocycles. The first kappa shape index (κ1) is 58.2. The van der Waals surface area contributed by atoms with Crippen LogP contribution in [-0.4, -0.2) is 117 Å². The second kappa shape index (κ2) is 21.0. The van der Waals surface area contributed by atoms with Gasteiger partial charge in [-0.1, -0.05) is 13.2 Å². The van der Waals surface area contributed by atoms with Crippen molar-refractivity contribution in [2.45, 2.75) is 19.6 Å². The summed E-state index contributed by atoms with van der Waals surface area (Å²) in [5.41, 5.74) is -2.98. The number of carbonyl (C=O) groups is 3. The van der Waals surface area contributed by atoms with E-state index in [0.717, 1.165) is 42.5 Å². The van der Waals surface area contributed by atoms with E-state index in [1.165, 1.54) is 0 Å². The number of ketones is 2. The molecule has 4 aromatic carbocycles. The molecule has 38 heteroatoms. The van der Waals surface area contributed by atoms with Crippen LogP contribution in [0.25, 0.3) is 12.2 Å². The van der Waals surface area contributed by atoms with Gasteiger partial charge in [0.05, 0.1) is 53.0 Å². The Morgan fingerprint density at radius 3 is 1.44 bits per heavy atom. The average molecular weight is 1280 g/mol. The Labute approximate surface area is 452 Å². The highest BCUT2D eigenvalue weighted by Crippen LogP contribution is 2.38. The predicted octanol–water partition coefficient (Wildman–Crippen LogP) is 4.30. The first-order chi connectivity index (χ1) is 36.0. The Bertz CT molecular complexity index is 4400. The van der Waals surface area contributed by atoms with Gasteiger partial charge in [-0.25, -0.2) is 8.42 Å². The van der Waals surface area contributed by atoms with E-state index in [-0.39, 0.29) is 20.8 Å². The van der Waals surface area contributed by atoms with Crippen LogP contribution in [0.4, 0.5) is 40.3 Å². The molecular formula is C40H28BrClN10O20S6. The molecule has 0 aliphatic heterocycles. The highest BCUT2D eigenvalue weighted by atomic mass is 79.9. The van der Waals surface area contributed by atoms with Crippen molar-refractivity contribution in [1.82, 2.24) is 15.0 Å². The minimum absolute atomic E-state index is 0.0416. The molecule has 0 spiro atoms. The molecule has 0 atom stereocenters. The fraction of sp³-hybridized carbons (Fsp3) is 0. The molecule has 0 radical (unpaired) electrons. The van der Waals surface area contributed by atoms with Crippen LogP contribution >= 0.6 is 27.5 Å². The Hall–Kier alpha value is -7.53. The lowest BCUT2D eigenvalue weighted by Crippen LogP contribution is -2.28. The van der Waals surface area contributed by atoms with Gasteiger partial charge in [0.2, 0.25) is 28.7 Å². The van der Waals surface area contributed by atoms with Gasteiger partial charge in [0, 0.05) is 11.1 Å². The molecule has 0 saturated carbocycles. The second-order valence-corrected chi connectivity index (χ2v) is 25.6. The Morgan fingerprint density at radius 2 is 1.03 bits per heavy atom. The molecule has 0 unspecified atom stereocenters. The van der Waals surface area contributed by atoms with Gasteiger partial charge in [-0.3, -0.25) is 48.0 Å². The normalized spacial score (nSPS) is 15.1. The number of hydrogen-bond acceptors (Lipinski definition) is 24. The van der Waals surface area contributed by atoms with Crippen molar-refractivity contribution in [3.63, 3.8) is 0 Å². The summed E-state index contributed by atoms with van der Waals surface area (Å²) >= 11 is 9.06. The summed E-state index contributed by atoms with van der Waals surface area (Å²) in [7, 11) is -30.6. The highest BCUT2D eigenvalue weighted by Gasteiger charge is 2.38. The van der Waals surface area contributed by atoms with Crippen LogP contribution in [0.3, 0.4) is 0 Å². The van der Waals surface area contributed by atoms with Gasteiger partial charge in [-0.05, 0) is 118 Å². The summed E-state index contributed by atoms with van der Waals surface area (Å²) < 4.78 is 200. The zero-order valence-corrected chi connectivity index (χ0v) is 45.0. The number of halogens is 2. The maximum atomic E-state index is 14.4. The highest BCUT2D eigenvalue weighted by molar-refractivity contribution is 9.12. The molecule has 78 heavy (non-hydrogen) atoms. The minimum Gasteiger partial charge on any atom is -0.323 e. The van der Waals surface area contributed by atoms with Crippen molar-refractivity contribution >= 4 is 169 Å². The molecule has 5 aromatic rings. The summed E-state index contributed by atoms with van der Waals surface area (Å²) in [6.07, 6.45) is 1.08. The molecule has 2 aliphatic carbocycles. The summed E-state index contributed by atoms with van der Waals surface area (Å²) in [6.45, 7) is 6.59. The Morgan fingerprint density at radius 1 is 0.577 bits per heavy atom. The molecule has 0 saturated heterocycles. The zero-order chi connectivity index (χ0) is 57.8. The monoisotopic (exact) mass is 1270 g/mol. The van der Waals surface area contributed by atoms with Crippen molar-refractivity contribution in [1.29, 1.82) is 0 Å². The van der Waals surface area contributed by atoms with E-state index >= 15 is 0 Å². The van der Waals surface area contributed by atoms with Gasteiger partial charge in [-0.15, -0.1) is 0 Å². The predicted molar refractivity (Wildman–Crippen MR) is 281 cm³/mol. The molecule has 0 bridgehead atoms. The molecule has 7 rings (SSSR count). The number of fused-ring (bicyclic) bond motifs is 2. The third-order valence-corrected chi connectivity index (χ3v) is 16.4. The summed E-state index contributed by atoms with van der Waals surface area (Å²) in [5.74, 6) is -5.34. The molecule has 1 aromatic heterocycles. The minimum atomic E-state index is -5.56. The first-order valence-electron chi connectivity index (χ1n) is 20.1. The van der Waals surface area contributed by atoms with Crippen molar-refractivity contribution in [3.05, 3.63) is 127 Å². The molecule has 30 nitrogen and oxygen atoms in total. The lowest BCUT2D eigenvalue weighted by molar-refractivity contribution is -0.112. The van der Waals surface area contributed by atoms with Gasteiger partial charge in [-0.2, -0.15) is 67.2 Å². The summed E-state index contributed by atoms with van der Waals surface area (Å²) in [5, 5.41) is 14.5. The molecule has 2 aliphatic rings. The van der Waals surface area contributed by atoms with E-state index in [9.17, 15) is 87.7 Å². The van der Waals surface area contributed by atoms with E-state index in [1.54, 1.807) is 0 Å². The number of hydrazone groups is 2. The molecule has 1 amide bonds. The van der Waals surface area contributed by atoms with Crippen LogP contribution in [0.15, 0.2) is 129 Å². The van der Waals surface area contributed by atoms with Crippen LogP contribution in [0, 0.1) is 0 Å². The summed E-state index contributed by atoms with van der Waals surface area (Å²) in [4.78, 5) is 46.8. The molecule has 408 valence electrons. The SMILES string of the molecule is C=CS(=O)(=O)c1ccc(N/N=C2\C(=O)c3c(cc(S(=O)(=O)O)cc3Nc3nc(Cl)nc(Nc4cc(S(=O)(=O)O)cc5c4C(=O)/C(=N/Nc4cc(NC(=O)C(=C)Br)ccc4S(=O)(=O)O)C(S(=O)(=O)O)=C5)n3)C=C2S(=O)(=O)O)cc1. The van der Waals surface area contributed by atoms with E-state index in [0.29, 0.717) is 41.8 Å². The summed E-state index contributed by atoms with van der Waals surface area (Å²) in [6, 6.07) is 9.51. The van der Waals surface area contributed by atoms with Gasteiger partial charge < -0.3 is 16.0 Å². The molecule has 10 N–H and O–H groups in total. The number of sulfone groups is 1. The van der Waals surface area contributed by atoms with Gasteiger partial charge >= 0.3 is 0 Å². The van der Waals surface area contributed by atoms with Crippen molar-refractivity contribution in [3.8, 4) is 0 Å². The lowest BCUT2D eigenvalue weighted by Gasteiger charge is -2.21. The van der Waals surface area contributed by atoms with Crippen LogP contribution in [-0.2, 0) is 65.2 Å². The Kier molecular flexibility index (Phi) is 15.7. The fourth-order valence-corrected chi connectivity index (χ4v) is 10.9. The maximum Gasteiger partial charge on any atom is 0.296 e. The first-order valence-corrected chi connectivity index (χ1v) is 30.1. The smallest absolute Gasteiger partial charge is 0.296 e. The van der Waals surface area contributed by atoms with E-state index in [4.69, 9.17) is 11.6 Å². The molecule has 0 fully saturated rings. The van der Waals surface area contributed by atoms with Crippen LogP contribution in [0.2, 0.25) is 5.28 Å². The van der Waals surface area contributed by atoms with Crippen molar-refractivity contribution < 1.29 is 87.7 Å². The number of aromatic nitrogens is 3. The number of anilines is 7. The number of nitrogens with zero attached hydrogens (tertiary/aromatic N) is 5. The number of carbonyl (C=O) groups excluding carboxylic acids is 3. The number of nitrogens with one attached hydrogen (secondary N) is 5. The number of amides is 1. The topological polar surface area (TPSA) is 481 Å². The van der Waals surface area contributed by atoms with Crippen molar-refractivity contribution in [2.75, 3.05) is 26.8 Å². The number of rotatable bonds is 17. The second-order valence-electron chi connectivity index (χ2n) is 15.4. The average Bonchev–Trinajstić information content (AvgIpc) is 3.33. The van der Waals surface area contributed by atoms with E-state index < -0.39 is 170 Å². The van der Waals surface area contributed by atoms with E-state index in [2.05, 4.69) is 81.0 Å². The van der Waals surface area contributed by atoms with Gasteiger partial charge in [0.1, 0.15) is 14.7 Å². The number of Topliss-reactive ketones (excluding diaryl/α,β-unsaturated/α-hetero) is 2.